The Kier molecular flexibility index (Phi) is 7.83. The van der Waals surface area contributed by atoms with Crippen LogP contribution in [0.15, 0.2) is 53.7 Å². The molecule has 0 heterocycles. The molecule has 3 aliphatic carbocycles. The number of nitrogens with zero attached hydrogens (tertiary/aromatic N) is 1. The molecule has 0 saturated heterocycles. The number of aromatic hydroxyl groups is 1. The second-order valence-corrected chi connectivity index (χ2v) is 16.4. The number of fused-ring (bicyclic) bond motifs is 2. The van der Waals surface area contributed by atoms with Gasteiger partial charge in [-0.05, 0) is 54.3 Å². The van der Waals surface area contributed by atoms with E-state index in [4.69, 9.17) is 14.3 Å². The van der Waals surface area contributed by atoms with Crippen LogP contribution < -0.4 is 4.84 Å². The highest BCUT2D eigenvalue weighted by atomic mass is 28.3. The SMILES string of the molecule is CCCOC(=O)C1C(C(=O)OCC[Si](C)(C)C)C2CC(=NOc3ccccc3)[C@H]1c1cc(O)ccc12. The number of carbonyl (C=O) groups is 2. The summed E-state index contributed by atoms with van der Waals surface area (Å²) in [6.45, 7) is 9.23. The summed E-state index contributed by atoms with van der Waals surface area (Å²) in [5.41, 5.74) is 2.38. The van der Waals surface area contributed by atoms with Crippen molar-refractivity contribution in [2.24, 2.45) is 17.0 Å². The summed E-state index contributed by atoms with van der Waals surface area (Å²) in [4.78, 5) is 32.6. The molecule has 7 nitrogen and oxygen atoms in total. The molecule has 2 aromatic rings. The van der Waals surface area contributed by atoms with Crippen molar-refractivity contribution in [2.75, 3.05) is 13.2 Å². The van der Waals surface area contributed by atoms with Gasteiger partial charge in [-0.3, -0.25) is 9.59 Å². The van der Waals surface area contributed by atoms with Crippen molar-refractivity contribution >= 4 is 25.7 Å². The van der Waals surface area contributed by atoms with Crippen LogP contribution in [-0.4, -0.2) is 44.0 Å². The Bertz CT molecular complexity index is 1130. The molecule has 36 heavy (non-hydrogen) atoms. The molecule has 0 aliphatic heterocycles. The van der Waals surface area contributed by atoms with E-state index in [0.29, 0.717) is 30.9 Å². The number of para-hydroxylation sites is 1. The standard InChI is InChI=1S/C28H35NO6Si/c1-5-13-33-28(32)26-24-21-16-18(30)11-12-20(21)22(25(26)27(31)34-14-15-36(2,3)4)17-23(24)29-35-19-9-7-6-8-10-19/h6-12,16,22,24-26,30H,5,13-15,17H2,1-4H3/t22?,24-,25?,26?/m1/s1. The summed E-state index contributed by atoms with van der Waals surface area (Å²) in [5, 5.41) is 14.7. The molecule has 3 aliphatic rings. The topological polar surface area (TPSA) is 94.4 Å². The predicted molar refractivity (Wildman–Crippen MR) is 140 cm³/mol. The Morgan fingerprint density at radius 2 is 1.67 bits per heavy atom. The zero-order valence-electron chi connectivity index (χ0n) is 21.4. The third-order valence-corrected chi connectivity index (χ3v) is 8.58. The minimum absolute atomic E-state index is 0.0968. The average Bonchev–Trinajstić information content (AvgIpc) is 2.85. The smallest absolute Gasteiger partial charge is 0.310 e. The van der Waals surface area contributed by atoms with Crippen molar-refractivity contribution in [3.05, 3.63) is 59.7 Å². The fourth-order valence-corrected chi connectivity index (χ4v) is 5.84. The Labute approximate surface area is 213 Å². The summed E-state index contributed by atoms with van der Waals surface area (Å²) in [6, 6.07) is 15.2. The minimum Gasteiger partial charge on any atom is -0.508 e. The number of esters is 2. The molecule has 0 amide bonds. The molecule has 4 atom stereocenters. The van der Waals surface area contributed by atoms with E-state index >= 15 is 0 Å². The largest absolute Gasteiger partial charge is 0.508 e. The lowest BCUT2D eigenvalue weighted by Crippen LogP contribution is -2.51. The van der Waals surface area contributed by atoms with Crippen LogP contribution in [0, 0.1) is 11.8 Å². The molecular formula is C28H35NO6Si. The monoisotopic (exact) mass is 509 g/mol. The van der Waals surface area contributed by atoms with E-state index in [0.717, 1.165) is 17.2 Å². The molecule has 1 saturated carbocycles. The fraction of sp³-hybridized carbons (Fsp3) is 0.464. The number of oxime groups is 1. The van der Waals surface area contributed by atoms with Gasteiger partial charge in [-0.1, -0.05) is 56.0 Å². The van der Waals surface area contributed by atoms with E-state index in [1.54, 1.807) is 24.3 Å². The van der Waals surface area contributed by atoms with Crippen LogP contribution in [0.5, 0.6) is 11.5 Å². The van der Waals surface area contributed by atoms with Crippen molar-refractivity contribution in [3.63, 3.8) is 0 Å². The summed E-state index contributed by atoms with van der Waals surface area (Å²) in [7, 11) is -1.40. The zero-order valence-corrected chi connectivity index (χ0v) is 22.4. The third-order valence-electron chi connectivity index (χ3n) is 6.87. The van der Waals surface area contributed by atoms with Gasteiger partial charge in [-0.2, -0.15) is 0 Å². The number of hydrogen-bond donors (Lipinski definition) is 1. The Hall–Kier alpha value is -3.13. The molecular weight excluding hydrogens is 474 g/mol. The van der Waals surface area contributed by atoms with E-state index in [2.05, 4.69) is 24.8 Å². The number of rotatable bonds is 9. The number of phenolic OH excluding ortho intramolecular Hbond substituents is 1. The summed E-state index contributed by atoms with van der Waals surface area (Å²) in [5.74, 6) is -2.52. The molecule has 0 spiro atoms. The van der Waals surface area contributed by atoms with Gasteiger partial charge in [-0.15, -0.1) is 0 Å². The number of ether oxygens (including phenoxy) is 2. The van der Waals surface area contributed by atoms with Gasteiger partial charge < -0.3 is 19.4 Å². The number of carbonyl (C=O) groups excluding carboxylic acids is 2. The lowest BCUT2D eigenvalue weighted by Gasteiger charge is -2.47. The van der Waals surface area contributed by atoms with Gasteiger partial charge in [0.15, 0.2) is 5.75 Å². The van der Waals surface area contributed by atoms with Crippen LogP contribution in [0.3, 0.4) is 0 Å². The van der Waals surface area contributed by atoms with Gasteiger partial charge >= 0.3 is 11.9 Å². The van der Waals surface area contributed by atoms with Gasteiger partial charge in [0.2, 0.25) is 0 Å². The molecule has 2 bridgehead atoms. The van der Waals surface area contributed by atoms with Crippen molar-refractivity contribution in [1.82, 2.24) is 0 Å². The second kappa shape index (κ2) is 10.9. The van der Waals surface area contributed by atoms with Crippen LogP contribution in [0.2, 0.25) is 25.7 Å². The Morgan fingerprint density at radius 3 is 2.36 bits per heavy atom. The van der Waals surface area contributed by atoms with Gasteiger partial charge in [0.1, 0.15) is 5.75 Å². The molecule has 192 valence electrons. The highest BCUT2D eigenvalue weighted by molar-refractivity contribution is 6.76. The molecule has 2 aromatic carbocycles. The maximum atomic E-state index is 13.5. The first kappa shape index (κ1) is 25.9. The summed E-state index contributed by atoms with van der Waals surface area (Å²) >= 11 is 0. The van der Waals surface area contributed by atoms with E-state index in [1.807, 2.05) is 31.2 Å². The molecule has 0 aromatic heterocycles. The van der Waals surface area contributed by atoms with Gasteiger partial charge in [-0.25, -0.2) is 0 Å². The second-order valence-electron chi connectivity index (χ2n) is 10.8. The van der Waals surface area contributed by atoms with E-state index in [1.165, 1.54) is 0 Å². The first-order valence-electron chi connectivity index (χ1n) is 12.6. The highest BCUT2D eigenvalue weighted by Gasteiger charge is 2.57. The number of phenols is 1. The molecule has 0 radical (unpaired) electrons. The quantitative estimate of drug-likeness (QED) is 0.273. The van der Waals surface area contributed by atoms with Crippen LogP contribution in [0.1, 0.15) is 42.7 Å². The van der Waals surface area contributed by atoms with Gasteiger partial charge in [0.05, 0.1) is 30.8 Å². The molecule has 1 N–H and O–H groups in total. The average molecular weight is 510 g/mol. The summed E-state index contributed by atoms with van der Waals surface area (Å²) < 4.78 is 11.3. The normalized spacial score (nSPS) is 23.7. The van der Waals surface area contributed by atoms with Crippen molar-refractivity contribution in [3.8, 4) is 11.5 Å². The van der Waals surface area contributed by atoms with Crippen LogP contribution in [0.4, 0.5) is 0 Å². The zero-order chi connectivity index (χ0) is 25.9. The molecule has 3 unspecified atom stereocenters. The van der Waals surface area contributed by atoms with E-state index < -0.39 is 31.8 Å². The van der Waals surface area contributed by atoms with E-state index in [-0.39, 0.29) is 24.2 Å². The van der Waals surface area contributed by atoms with Crippen molar-refractivity contribution in [2.45, 2.75) is 57.3 Å². The predicted octanol–water partition coefficient (Wildman–Crippen LogP) is 5.48. The van der Waals surface area contributed by atoms with Crippen LogP contribution >= 0.6 is 0 Å². The number of benzene rings is 2. The molecule has 8 heteroatoms. The van der Waals surface area contributed by atoms with Crippen molar-refractivity contribution in [1.29, 1.82) is 0 Å². The maximum Gasteiger partial charge on any atom is 0.310 e. The van der Waals surface area contributed by atoms with Crippen molar-refractivity contribution < 1.29 is 29.0 Å². The molecule has 1 fully saturated rings. The first-order valence-corrected chi connectivity index (χ1v) is 16.3. The minimum atomic E-state index is -1.40. The lowest BCUT2D eigenvalue weighted by molar-refractivity contribution is -0.163. The van der Waals surface area contributed by atoms with Gasteiger partial charge in [0, 0.05) is 19.9 Å². The molecule has 5 rings (SSSR count). The van der Waals surface area contributed by atoms with Gasteiger partial charge in [0.25, 0.3) is 0 Å². The maximum absolute atomic E-state index is 13.5. The Balaban J connectivity index is 1.72. The lowest BCUT2D eigenvalue weighted by atomic mass is 9.55. The number of hydrogen-bond acceptors (Lipinski definition) is 7. The van der Waals surface area contributed by atoms with Crippen LogP contribution in [-0.2, 0) is 19.1 Å². The van der Waals surface area contributed by atoms with E-state index in [9.17, 15) is 14.7 Å². The first-order chi connectivity index (χ1) is 17.2. The summed E-state index contributed by atoms with van der Waals surface area (Å²) in [6.07, 6.45) is 1.13. The Morgan fingerprint density at radius 1 is 0.972 bits per heavy atom. The van der Waals surface area contributed by atoms with Crippen LogP contribution in [0.25, 0.3) is 0 Å². The fourth-order valence-electron chi connectivity index (χ4n) is 5.12. The highest BCUT2D eigenvalue weighted by Crippen LogP contribution is 2.55. The third kappa shape index (κ3) is 5.64.